The van der Waals surface area contributed by atoms with E-state index in [-0.39, 0.29) is 11.9 Å². The first-order chi connectivity index (χ1) is 12.1. The fourth-order valence-electron chi connectivity index (χ4n) is 2.05. The monoisotopic (exact) mass is 342 g/mol. The third-order valence-electron chi connectivity index (χ3n) is 3.36. The number of nitrogens with one attached hydrogen (secondary N) is 2. The predicted octanol–water partition coefficient (Wildman–Crippen LogP) is 2.93. The maximum Gasteiger partial charge on any atom is 0.338 e. The summed E-state index contributed by atoms with van der Waals surface area (Å²) in [5.74, 6) is -0.278. The van der Waals surface area contributed by atoms with E-state index in [0.29, 0.717) is 36.0 Å². The molecule has 1 heterocycles. The largest absolute Gasteiger partial charge is 0.462 e. The highest BCUT2D eigenvalue weighted by Crippen LogP contribution is 2.14. The van der Waals surface area contributed by atoms with Gasteiger partial charge >= 0.3 is 5.97 Å². The molecule has 1 aromatic carbocycles. The van der Waals surface area contributed by atoms with Gasteiger partial charge in [-0.3, -0.25) is 4.79 Å². The highest BCUT2D eigenvalue weighted by molar-refractivity contribution is 5.92. The van der Waals surface area contributed by atoms with Gasteiger partial charge in [0.15, 0.2) is 0 Å². The lowest BCUT2D eigenvalue weighted by molar-refractivity contribution is 0.0526. The van der Waals surface area contributed by atoms with Gasteiger partial charge in [0.1, 0.15) is 5.69 Å². The van der Waals surface area contributed by atoms with E-state index < -0.39 is 0 Å². The molecule has 0 unspecified atom stereocenters. The maximum atomic E-state index is 12.0. The number of esters is 1. The molecule has 2 rings (SSSR count). The summed E-state index contributed by atoms with van der Waals surface area (Å²) < 4.78 is 4.94. The zero-order valence-electron chi connectivity index (χ0n) is 14.4. The molecule has 0 aliphatic heterocycles. The second kappa shape index (κ2) is 9.36. The zero-order chi connectivity index (χ0) is 18.1. The smallest absolute Gasteiger partial charge is 0.338 e. The summed E-state index contributed by atoms with van der Waals surface area (Å²) in [6.07, 6.45) is 3.46. The fourth-order valence-corrected chi connectivity index (χ4v) is 2.05. The Hall–Kier alpha value is -2.96. The number of hydrogen-bond donors (Lipinski definition) is 2. The Morgan fingerprint density at radius 1 is 1.12 bits per heavy atom. The minimum Gasteiger partial charge on any atom is -0.462 e. The SMILES string of the molecule is CCCCNC(=O)c1ccnc(Nc2ccc(C(=O)OCC)cc2)n1. The number of carbonyl (C=O) groups is 2. The first-order valence-electron chi connectivity index (χ1n) is 8.29. The molecule has 0 saturated carbocycles. The third kappa shape index (κ3) is 5.56. The van der Waals surface area contributed by atoms with E-state index in [4.69, 9.17) is 4.74 Å². The molecule has 0 atom stereocenters. The molecule has 0 aliphatic carbocycles. The lowest BCUT2D eigenvalue weighted by atomic mass is 10.2. The molecular formula is C18H22N4O3. The molecule has 25 heavy (non-hydrogen) atoms. The van der Waals surface area contributed by atoms with Crippen LogP contribution in [0.15, 0.2) is 36.5 Å². The van der Waals surface area contributed by atoms with Crippen molar-refractivity contribution in [3.63, 3.8) is 0 Å². The summed E-state index contributed by atoms with van der Waals surface area (Å²) in [6, 6.07) is 8.33. The lowest BCUT2D eigenvalue weighted by Crippen LogP contribution is -2.25. The third-order valence-corrected chi connectivity index (χ3v) is 3.36. The van der Waals surface area contributed by atoms with Gasteiger partial charge in [-0.25, -0.2) is 14.8 Å². The molecule has 0 bridgehead atoms. The summed E-state index contributed by atoms with van der Waals surface area (Å²) in [5.41, 5.74) is 1.48. The molecule has 1 aromatic heterocycles. The van der Waals surface area contributed by atoms with Crippen LogP contribution in [0.3, 0.4) is 0 Å². The van der Waals surface area contributed by atoms with Crippen LogP contribution in [0.5, 0.6) is 0 Å². The van der Waals surface area contributed by atoms with Gasteiger partial charge in [-0.15, -0.1) is 0 Å². The van der Waals surface area contributed by atoms with Gasteiger partial charge in [-0.05, 0) is 43.7 Å². The summed E-state index contributed by atoms with van der Waals surface area (Å²) in [6.45, 7) is 4.78. The van der Waals surface area contributed by atoms with Crippen LogP contribution < -0.4 is 10.6 Å². The first kappa shape index (κ1) is 18.4. The van der Waals surface area contributed by atoms with Crippen LogP contribution in [0.4, 0.5) is 11.6 Å². The van der Waals surface area contributed by atoms with Gasteiger partial charge in [0, 0.05) is 18.4 Å². The number of benzene rings is 1. The van der Waals surface area contributed by atoms with E-state index in [2.05, 4.69) is 27.5 Å². The van der Waals surface area contributed by atoms with E-state index in [0.717, 1.165) is 12.8 Å². The van der Waals surface area contributed by atoms with Crippen LogP contribution >= 0.6 is 0 Å². The molecule has 132 valence electrons. The Morgan fingerprint density at radius 3 is 2.56 bits per heavy atom. The van der Waals surface area contributed by atoms with Crippen molar-refractivity contribution >= 4 is 23.5 Å². The summed E-state index contributed by atoms with van der Waals surface area (Å²) in [7, 11) is 0. The van der Waals surface area contributed by atoms with Gasteiger partial charge in [0.05, 0.1) is 12.2 Å². The molecule has 7 heteroatoms. The van der Waals surface area contributed by atoms with Crippen molar-refractivity contribution in [3.8, 4) is 0 Å². The molecular weight excluding hydrogens is 320 g/mol. The average Bonchev–Trinajstić information content (AvgIpc) is 2.63. The second-order valence-corrected chi connectivity index (χ2v) is 5.30. The number of unbranched alkanes of at least 4 members (excludes halogenated alkanes) is 1. The van der Waals surface area contributed by atoms with Crippen molar-refractivity contribution in [2.45, 2.75) is 26.7 Å². The molecule has 0 spiro atoms. The number of aromatic nitrogens is 2. The molecule has 0 radical (unpaired) electrons. The molecule has 1 amide bonds. The topological polar surface area (TPSA) is 93.2 Å². The highest BCUT2D eigenvalue weighted by Gasteiger charge is 2.09. The number of carbonyl (C=O) groups excluding carboxylic acids is 2. The molecule has 0 saturated heterocycles. The van der Waals surface area contributed by atoms with Crippen LogP contribution in [0, 0.1) is 0 Å². The predicted molar refractivity (Wildman–Crippen MR) is 95.0 cm³/mol. The van der Waals surface area contributed by atoms with Crippen molar-refractivity contribution in [1.29, 1.82) is 0 Å². The minimum absolute atomic E-state index is 0.225. The van der Waals surface area contributed by atoms with E-state index in [9.17, 15) is 9.59 Å². The number of hydrogen-bond acceptors (Lipinski definition) is 6. The Bertz CT molecular complexity index is 717. The van der Waals surface area contributed by atoms with Crippen molar-refractivity contribution in [2.75, 3.05) is 18.5 Å². The van der Waals surface area contributed by atoms with E-state index in [1.165, 1.54) is 6.20 Å². The highest BCUT2D eigenvalue weighted by atomic mass is 16.5. The Morgan fingerprint density at radius 2 is 1.88 bits per heavy atom. The van der Waals surface area contributed by atoms with Gasteiger partial charge in [0.2, 0.25) is 5.95 Å². The molecule has 0 aliphatic rings. The summed E-state index contributed by atoms with van der Waals surface area (Å²) >= 11 is 0. The Kier molecular flexibility index (Phi) is 6.88. The number of rotatable bonds is 8. The Balaban J connectivity index is 2.01. The number of anilines is 2. The fraction of sp³-hybridized carbons (Fsp3) is 0.333. The van der Waals surface area contributed by atoms with Gasteiger partial charge in [-0.1, -0.05) is 13.3 Å². The number of amides is 1. The molecule has 2 N–H and O–H groups in total. The number of ether oxygens (including phenoxy) is 1. The van der Waals surface area contributed by atoms with Crippen LogP contribution in [0.2, 0.25) is 0 Å². The zero-order valence-corrected chi connectivity index (χ0v) is 14.4. The molecule has 2 aromatic rings. The number of nitrogens with zero attached hydrogens (tertiary/aromatic N) is 2. The second-order valence-electron chi connectivity index (χ2n) is 5.30. The lowest BCUT2D eigenvalue weighted by Gasteiger charge is -2.08. The minimum atomic E-state index is -0.365. The standard InChI is InChI=1S/C18H22N4O3/c1-3-5-11-19-16(23)15-10-12-20-18(22-15)21-14-8-6-13(7-9-14)17(24)25-4-2/h6-10,12H,3-5,11H2,1-2H3,(H,19,23)(H,20,21,22). The van der Waals surface area contributed by atoms with Crippen molar-refractivity contribution in [3.05, 3.63) is 47.8 Å². The quantitative estimate of drug-likeness (QED) is 0.566. The normalized spacial score (nSPS) is 10.2. The average molecular weight is 342 g/mol. The van der Waals surface area contributed by atoms with Crippen LogP contribution in [-0.2, 0) is 4.74 Å². The molecule has 7 nitrogen and oxygen atoms in total. The van der Waals surface area contributed by atoms with Gasteiger partial charge < -0.3 is 15.4 Å². The summed E-state index contributed by atoms with van der Waals surface area (Å²) in [5, 5.41) is 5.82. The Labute approximate surface area is 146 Å². The molecule has 0 fully saturated rings. The van der Waals surface area contributed by atoms with Gasteiger partial charge in [0.25, 0.3) is 5.91 Å². The van der Waals surface area contributed by atoms with Crippen LogP contribution in [0.1, 0.15) is 47.5 Å². The van der Waals surface area contributed by atoms with E-state index in [1.807, 2.05) is 0 Å². The summed E-state index contributed by atoms with van der Waals surface area (Å²) in [4.78, 5) is 32.0. The van der Waals surface area contributed by atoms with E-state index >= 15 is 0 Å². The van der Waals surface area contributed by atoms with Crippen molar-refractivity contribution in [1.82, 2.24) is 15.3 Å². The van der Waals surface area contributed by atoms with E-state index in [1.54, 1.807) is 37.3 Å². The first-order valence-corrected chi connectivity index (χ1v) is 8.29. The van der Waals surface area contributed by atoms with Gasteiger partial charge in [-0.2, -0.15) is 0 Å². The van der Waals surface area contributed by atoms with Crippen molar-refractivity contribution in [2.24, 2.45) is 0 Å². The van der Waals surface area contributed by atoms with Crippen LogP contribution in [-0.4, -0.2) is 35.0 Å². The van der Waals surface area contributed by atoms with Crippen LogP contribution in [0.25, 0.3) is 0 Å². The maximum absolute atomic E-state index is 12.0. The van der Waals surface area contributed by atoms with Crippen molar-refractivity contribution < 1.29 is 14.3 Å².